The molecule has 0 aromatic carbocycles. The second kappa shape index (κ2) is 9.44. The van der Waals surface area contributed by atoms with E-state index in [-0.39, 0.29) is 0 Å². The minimum absolute atomic E-state index is 0.454. The Morgan fingerprint density at radius 3 is 2.42 bits per heavy atom. The number of morpholine rings is 1. The van der Waals surface area contributed by atoms with Crippen molar-refractivity contribution in [2.45, 2.75) is 6.42 Å². The largest absolute Gasteiger partial charge is 0.379 e. The molecule has 2 aliphatic heterocycles. The fourth-order valence-electron chi connectivity index (χ4n) is 3.11. The van der Waals surface area contributed by atoms with Gasteiger partial charge in [0, 0.05) is 58.2 Å². The predicted octanol–water partition coefficient (Wildman–Crippen LogP) is -1.04. The molecule has 1 aromatic heterocycles. The Bertz CT molecular complexity index is 585. The Morgan fingerprint density at radius 1 is 1.04 bits per heavy atom. The van der Waals surface area contributed by atoms with Crippen LogP contribution in [0, 0.1) is 0 Å². The quantitative estimate of drug-likeness (QED) is 0.529. The van der Waals surface area contributed by atoms with E-state index in [0.717, 1.165) is 39.3 Å². The summed E-state index contributed by atoms with van der Waals surface area (Å²) in [6.07, 6.45) is 4.23. The molecule has 0 saturated carbocycles. The van der Waals surface area contributed by atoms with Crippen LogP contribution >= 0.6 is 0 Å². The number of nitrogens with zero attached hydrogens (tertiary/aromatic N) is 5. The zero-order chi connectivity index (χ0) is 18.2. The minimum Gasteiger partial charge on any atom is -0.379 e. The van der Waals surface area contributed by atoms with Gasteiger partial charge in [-0.2, -0.15) is 0 Å². The summed E-state index contributed by atoms with van der Waals surface area (Å²) in [6, 6.07) is 1.77. The van der Waals surface area contributed by atoms with Gasteiger partial charge in [0.2, 0.25) is 5.95 Å². The van der Waals surface area contributed by atoms with Crippen LogP contribution in [0.5, 0.6) is 0 Å². The smallest absolute Gasteiger partial charge is 0.312 e. The van der Waals surface area contributed by atoms with E-state index in [1.807, 2.05) is 4.90 Å². The number of piperazine rings is 1. The van der Waals surface area contributed by atoms with Gasteiger partial charge in [0.1, 0.15) is 0 Å². The molecule has 2 aliphatic rings. The molecule has 142 valence electrons. The lowest BCUT2D eigenvalue weighted by molar-refractivity contribution is -0.146. The van der Waals surface area contributed by atoms with Gasteiger partial charge in [0.05, 0.1) is 13.2 Å². The number of carbonyl (C=O) groups is 2. The molecule has 0 spiro atoms. The van der Waals surface area contributed by atoms with Crippen LogP contribution < -0.4 is 10.2 Å². The van der Waals surface area contributed by atoms with Gasteiger partial charge in [-0.15, -0.1) is 0 Å². The summed E-state index contributed by atoms with van der Waals surface area (Å²) in [5.74, 6) is -0.312. The SMILES string of the molecule is O=C(NCCCN1CCOCC1)C(=O)N1CCN(c2ncccn2)CC1. The molecule has 2 fully saturated rings. The number of anilines is 1. The van der Waals surface area contributed by atoms with Crippen LogP contribution in [0.25, 0.3) is 0 Å². The number of hydrogen-bond acceptors (Lipinski definition) is 7. The van der Waals surface area contributed by atoms with Gasteiger partial charge >= 0.3 is 11.8 Å². The third-order valence-corrected chi connectivity index (χ3v) is 4.64. The average Bonchev–Trinajstić information content (AvgIpc) is 2.72. The van der Waals surface area contributed by atoms with Crippen LogP contribution in [0.15, 0.2) is 18.5 Å². The molecule has 0 bridgehead atoms. The lowest BCUT2D eigenvalue weighted by atomic mass is 10.3. The van der Waals surface area contributed by atoms with Crippen LogP contribution in [0.2, 0.25) is 0 Å². The van der Waals surface area contributed by atoms with Crippen LogP contribution in [-0.2, 0) is 14.3 Å². The van der Waals surface area contributed by atoms with E-state index in [1.165, 1.54) is 0 Å². The number of carbonyl (C=O) groups excluding carboxylic acids is 2. The second-order valence-corrected chi connectivity index (χ2v) is 6.39. The molecule has 9 heteroatoms. The number of amides is 2. The lowest BCUT2D eigenvalue weighted by Gasteiger charge is -2.34. The molecule has 0 unspecified atom stereocenters. The molecule has 3 heterocycles. The summed E-state index contributed by atoms with van der Waals surface area (Å²) in [6.45, 7) is 7.07. The highest BCUT2D eigenvalue weighted by Gasteiger charge is 2.26. The van der Waals surface area contributed by atoms with Crippen molar-refractivity contribution in [3.8, 4) is 0 Å². The average molecular weight is 362 g/mol. The Labute approximate surface area is 153 Å². The standard InChI is InChI=1S/C17H26N6O3/c24-15(18-5-2-6-21-11-13-26-14-12-21)16(25)22-7-9-23(10-8-22)17-19-3-1-4-20-17/h1,3-4H,2,5-14H2,(H,18,24). The molecule has 2 saturated heterocycles. The van der Waals surface area contributed by atoms with Crippen LogP contribution in [0.1, 0.15) is 6.42 Å². The van der Waals surface area contributed by atoms with Crippen molar-refractivity contribution < 1.29 is 14.3 Å². The number of ether oxygens (including phenoxy) is 1. The van der Waals surface area contributed by atoms with Gasteiger partial charge in [-0.05, 0) is 19.0 Å². The highest BCUT2D eigenvalue weighted by atomic mass is 16.5. The van der Waals surface area contributed by atoms with E-state index in [2.05, 4.69) is 20.2 Å². The molecule has 1 N–H and O–H groups in total. The van der Waals surface area contributed by atoms with Gasteiger partial charge in [-0.25, -0.2) is 9.97 Å². The van der Waals surface area contributed by atoms with Crippen molar-refractivity contribution in [3.05, 3.63) is 18.5 Å². The van der Waals surface area contributed by atoms with Crippen molar-refractivity contribution in [3.63, 3.8) is 0 Å². The Hall–Kier alpha value is -2.26. The molecule has 0 aliphatic carbocycles. The summed E-state index contributed by atoms with van der Waals surface area (Å²) in [5.41, 5.74) is 0. The van der Waals surface area contributed by atoms with Crippen molar-refractivity contribution >= 4 is 17.8 Å². The topological polar surface area (TPSA) is 90.9 Å². The van der Waals surface area contributed by atoms with Gasteiger partial charge < -0.3 is 19.9 Å². The summed E-state index contributed by atoms with van der Waals surface area (Å²) in [7, 11) is 0. The Kier molecular flexibility index (Phi) is 6.73. The van der Waals surface area contributed by atoms with Crippen molar-refractivity contribution in [1.82, 2.24) is 25.1 Å². The molecule has 0 radical (unpaired) electrons. The first-order chi connectivity index (χ1) is 12.7. The molecular weight excluding hydrogens is 336 g/mol. The summed E-state index contributed by atoms with van der Waals surface area (Å²) in [4.78, 5) is 38.7. The predicted molar refractivity (Wildman–Crippen MR) is 95.7 cm³/mol. The maximum atomic E-state index is 12.3. The van der Waals surface area contributed by atoms with Gasteiger partial charge in [-0.1, -0.05) is 0 Å². The third kappa shape index (κ3) is 5.12. The molecule has 3 rings (SSSR count). The molecule has 26 heavy (non-hydrogen) atoms. The normalized spacial score (nSPS) is 18.6. The molecule has 9 nitrogen and oxygen atoms in total. The highest BCUT2D eigenvalue weighted by molar-refractivity contribution is 6.35. The van der Waals surface area contributed by atoms with E-state index in [1.54, 1.807) is 23.4 Å². The molecule has 1 aromatic rings. The zero-order valence-electron chi connectivity index (χ0n) is 15.0. The van der Waals surface area contributed by atoms with Gasteiger partial charge in [0.15, 0.2) is 0 Å². The van der Waals surface area contributed by atoms with Crippen molar-refractivity contribution in [2.75, 3.05) is 70.5 Å². The molecule has 2 amide bonds. The fraction of sp³-hybridized carbons (Fsp3) is 0.647. The molecular formula is C17H26N6O3. The number of rotatable bonds is 5. The van der Waals surface area contributed by atoms with E-state index >= 15 is 0 Å². The molecule has 0 atom stereocenters. The first kappa shape index (κ1) is 18.5. The van der Waals surface area contributed by atoms with Crippen LogP contribution in [0.3, 0.4) is 0 Å². The minimum atomic E-state index is -0.517. The monoisotopic (exact) mass is 362 g/mol. The van der Waals surface area contributed by atoms with E-state index in [4.69, 9.17) is 4.74 Å². The summed E-state index contributed by atoms with van der Waals surface area (Å²) in [5, 5.41) is 2.74. The number of hydrogen-bond donors (Lipinski definition) is 1. The van der Waals surface area contributed by atoms with E-state index < -0.39 is 11.8 Å². The van der Waals surface area contributed by atoms with Gasteiger partial charge in [0.25, 0.3) is 0 Å². The van der Waals surface area contributed by atoms with E-state index in [0.29, 0.717) is 38.7 Å². The highest BCUT2D eigenvalue weighted by Crippen LogP contribution is 2.09. The third-order valence-electron chi connectivity index (χ3n) is 4.64. The van der Waals surface area contributed by atoms with Crippen molar-refractivity contribution in [2.24, 2.45) is 0 Å². The zero-order valence-corrected chi connectivity index (χ0v) is 15.0. The Morgan fingerprint density at radius 2 is 1.73 bits per heavy atom. The lowest BCUT2D eigenvalue weighted by Crippen LogP contribution is -2.53. The second-order valence-electron chi connectivity index (χ2n) is 6.39. The maximum Gasteiger partial charge on any atom is 0.312 e. The number of nitrogens with one attached hydrogen (secondary N) is 1. The number of aromatic nitrogens is 2. The fourth-order valence-corrected chi connectivity index (χ4v) is 3.11. The Balaban J connectivity index is 1.34. The summed E-state index contributed by atoms with van der Waals surface area (Å²) >= 11 is 0. The van der Waals surface area contributed by atoms with E-state index in [9.17, 15) is 9.59 Å². The maximum absolute atomic E-state index is 12.3. The van der Waals surface area contributed by atoms with Crippen molar-refractivity contribution in [1.29, 1.82) is 0 Å². The first-order valence-corrected chi connectivity index (χ1v) is 9.13. The van der Waals surface area contributed by atoms with Gasteiger partial charge in [-0.3, -0.25) is 14.5 Å². The van der Waals surface area contributed by atoms with Crippen LogP contribution in [0.4, 0.5) is 5.95 Å². The first-order valence-electron chi connectivity index (χ1n) is 9.13. The van der Waals surface area contributed by atoms with Crippen LogP contribution in [-0.4, -0.2) is 97.2 Å². The summed E-state index contributed by atoms with van der Waals surface area (Å²) < 4.78 is 5.31.